The number of aromatic nitrogens is 2. The summed E-state index contributed by atoms with van der Waals surface area (Å²) in [6.07, 6.45) is 4.07. The number of benzene rings is 1. The van der Waals surface area contributed by atoms with Gasteiger partial charge in [-0.3, -0.25) is 9.36 Å². The van der Waals surface area contributed by atoms with Gasteiger partial charge in [-0.1, -0.05) is 23.2 Å². The van der Waals surface area contributed by atoms with E-state index in [1.54, 1.807) is 23.0 Å². The SMILES string of the molecule is O=c1c2c(Cl)cc(Cl)cc2ncn1CCN1CCCC1. The molecule has 0 spiro atoms. The van der Waals surface area contributed by atoms with Crippen LogP contribution in [0.3, 0.4) is 0 Å². The van der Waals surface area contributed by atoms with Crippen LogP contribution >= 0.6 is 23.2 Å². The van der Waals surface area contributed by atoms with Gasteiger partial charge in [0.15, 0.2) is 0 Å². The lowest BCUT2D eigenvalue weighted by atomic mass is 10.2. The van der Waals surface area contributed by atoms with Crippen LogP contribution < -0.4 is 5.56 Å². The molecule has 20 heavy (non-hydrogen) atoms. The van der Waals surface area contributed by atoms with Gasteiger partial charge in [-0.25, -0.2) is 4.98 Å². The van der Waals surface area contributed by atoms with E-state index in [0.717, 1.165) is 19.6 Å². The fourth-order valence-electron chi connectivity index (χ4n) is 2.62. The molecule has 0 bridgehead atoms. The Morgan fingerprint density at radius 1 is 1.15 bits per heavy atom. The summed E-state index contributed by atoms with van der Waals surface area (Å²) in [5.41, 5.74) is 0.445. The molecule has 106 valence electrons. The molecular weight excluding hydrogens is 297 g/mol. The first-order chi connectivity index (χ1) is 9.65. The first-order valence-corrected chi connectivity index (χ1v) is 7.47. The fourth-order valence-corrected chi connectivity index (χ4v) is 3.18. The molecule has 1 aromatic carbocycles. The van der Waals surface area contributed by atoms with Gasteiger partial charge in [0, 0.05) is 18.1 Å². The molecule has 1 fully saturated rings. The lowest BCUT2D eigenvalue weighted by molar-refractivity contribution is 0.320. The number of halogens is 2. The van der Waals surface area contributed by atoms with Crippen LogP contribution in [0.25, 0.3) is 10.9 Å². The van der Waals surface area contributed by atoms with E-state index in [4.69, 9.17) is 23.2 Å². The molecule has 4 nitrogen and oxygen atoms in total. The number of rotatable bonds is 3. The van der Waals surface area contributed by atoms with E-state index in [1.807, 2.05) is 0 Å². The number of likely N-dealkylation sites (tertiary alicyclic amines) is 1. The summed E-state index contributed by atoms with van der Waals surface area (Å²) in [7, 11) is 0. The largest absolute Gasteiger partial charge is 0.302 e. The predicted octanol–water partition coefficient (Wildman–Crippen LogP) is 2.80. The van der Waals surface area contributed by atoms with E-state index < -0.39 is 0 Å². The summed E-state index contributed by atoms with van der Waals surface area (Å²) in [6, 6.07) is 3.24. The van der Waals surface area contributed by atoms with Gasteiger partial charge in [0.05, 0.1) is 22.3 Å². The molecule has 0 radical (unpaired) electrons. The zero-order valence-electron chi connectivity index (χ0n) is 11.0. The standard InChI is InChI=1S/C14H15Cl2N3O/c15-10-7-11(16)13-12(8-10)17-9-19(14(13)20)6-5-18-3-1-2-4-18/h7-9H,1-6H2. The van der Waals surface area contributed by atoms with E-state index in [9.17, 15) is 4.79 Å². The maximum absolute atomic E-state index is 12.4. The summed E-state index contributed by atoms with van der Waals surface area (Å²) >= 11 is 12.0. The average Bonchev–Trinajstić information content (AvgIpc) is 2.90. The van der Waals surface area contributed by atoms with Crippen molar-refractivity contribution in [3.63, 3.8) is 0 Å². The second-order valence-electron chi connectivity index (χ2n) is 5.07. The highest BCUT2D eigenvalue weighted by Gasteiger charge is 2.13. The van der Waals surface area contributed by atoms with Gasteiger partial charge in [-0.2, -0.15) is 0 Å². The summed E-state index contributed by atoms with van der Waals surface area (Å²) in [5, 5.41) is 1.30. The Bertz CT molecular complexity index is 693. The molecule has 0 amide bonds. The highest BCUT2D eigenvalue weighted by Crippen LogP contribution is 2.23. The van der Waals surface area contributed by atoms with E-state index >= 15 is 0 Å². The highest BCUT2D eigenvalue weighted by molar-refractivity contribution is 6.38. The minimum Gasteiger partial charge on any atom is -0.302 e. The van der Waals surface area contributed by atoms with Crippen molar-refractivity contribution in [2.45, 2.75) is 19.4 Å². The van der Waals surface area contributed by atoms with Gasteiger partial charge in [0.25, 0.3) is 5.56 Å². The second kappa shape index (κ2) is 5.72. The van der Waals surface area contributed by atoms with Crippen LogP contribution in [-0.4, -0.2) is 34.1 Å². The monoisotopic (exact) mass is 311 g/mol. The zero-order chi connectivity index (χ0) is 14.1. The van der Waals surface area contributed by atoms with Crippen molar-refractivity contribution in [3.05, 3.63) is 38.9 Å². The Balaban J connectivity index is 1.92. The van der Waals surface area contributed by atoms with Crippen LogP contribution in [0.15, 0.2) is 23.3 Å². The quantitative estimate of drug-likeness (QED) is 0.875. The predicted molar refractivity (Wildman–Crippen MR) is 81.7 cm³/mol. The lowest BCUT2D eigenvalue weighted by Gasteiger charge is -2.15. The van der Waals surface area contributed by atoms with Crippen molar-refractivity contribution in [2.75, 3.05) is 19.6 Å². The molecule has 1 saturated heterocycles. The number of hydrogen-bond donors (Lipinski definition) is 0. The number of hydrogen-bond acceptors (Lipinski definition) is 3. The van der Waals surface area contributed by atoms with Crippen molar-refractivity contribution >= 4 is 34.1 Å². The maximum atomic E-state index is 12.4. The van der Waals surface area contributed by atoms with E-state index in [0.29, 0.717) is 27.5 Å². The summed E-state index contributed by atoms with van der Waals surface area (Å²) in [6.45, 7) is 3.75. The third kappa shape index (κ3) is 2.68. The molecule has 1 aliphatic heterocycles. The average molecular weight is 312 g/mol. The van der Waals surface area contributed by atoms with Crippen LogP contribution in [0.2, 0.25) is 10.0 Å². The summed E-state index contributed by atoms with van der Waals surface area (Å²) in [5.74, 6) is 0. The van der Waals surface area contributed by atoms with E-state index in [1.165, 1.54) is 12.8 Å². The van der Waals surface area contributed by atoms with Gasteiger partial charge in [-0.05, 0) is 38.1 Å². The maximum Gasteiger partial charge on any atom is 0.262 e. The first kappa shape index (κ1) is 13.9. The normalized spacial score (nSPS) is 16.1. The number of fused-ring (bicyclic) bond motifs is 1. The van der Waals surface area contributed by atoms with E-state index in [-0.39, 0.29) is 5.56 Å². The molecule has 0 saturated carbocycles. The minimum absolute atomic E-state index is 0.101. The molecule has 6 heteroatoms. The van der Waals surface area contributed by atoms with Crippen molar-refractivity contribution in [3.8, 4) is 0 Å². The molecular formula is C14H15Cl2N3O. The minimum atomic E-state index is -0.101. The van der Waals surface area contributed by atoms with Crippen LogP contribution in [0, 0.1) is 0 Å². The second-order valence-corrected chi connectivity index (χ2v) is 5.92. The molecule has 1 aliphatic rings. The van der Waals surface area contributed by atoms with Gasteiger partial charge in [0.1, 0.15) is 0 Å². The van der Waals surface area contributed by atoms with Gasteiger partial charge in [-0.15, -0.1) is 0 Å². The van der Waals surface area contributed by atoms with Gasteiger partial charge >= 0.3 is 0 Å². The van der Waals surface area contributed by atoms with Crippen molar-refractivity contribution in [2.24, 2.45) is 0 Å². The fraction of sp³-hybridized carbons (Fsp3) is 0.429. The van der Waals surface area contributed by atoms with Crippen LogP contribution in [0.1, 0.15) is 12.8 Å². The van der Waals surface area contributed by atoms with Crippen LogP contribution in [-0.2, 0) is 6.54 Å². The van der Waals surface area contributed by atoms with Crippen LogP contribution in [0.4, 0.5) is 0 Å². The van der Waals surface area contributed by atoms with Crippen molar-refractivity contribution in [1.29, 1.82) is 0 Å². The Morgan fingerprint density at radius 2 is 1.90 bits per heavy atom. The Labute approximate surface area is 126 Å². The summed E-state index contributed by atoms with van der Waals surface area (Å²) < 4.78 is 1.63. The Morgan fingerprint density at radius 3 is 2.65 bits per heavy atom. The smallest absolute Gasteiger partial charge is 0.262 e. The zero-order valence-corrected chi connectivity index (χ0v) is 12.5. The first-order valence-electron chi connectivity index (χ1n) is 6.72. The molecule has 0 aliphatic carbocycles. The molecule has 2 aromatic rings. The molecule has 0 unspecified atom stereocenters. The molecule has 3 rings (SSSR count). The Hall–Kier alpha value is -1.10. The van der Waals surface area contributed by atoms with Gasteiger partial charge < -0.3 is 4.90 Å². The molecule has 0 N–H and O–H groups in total. The third-order valence-corrected chi connectivity index (χ3v) is 4.22. The summed E-state index contributed by atoms with van der Waals surface area (Å²) in [4.78, 5) is 19.1. The highest BCUT2D eigenvalue weighted by atomic mass is 35.5. The lowest BCUT2D eigenvalue weighted by Crippen LogP contribution is -2.29. The molecule has 2 heterocycles. The topological polar surface area (TPSA) is 38.1 Å². The van der Waals surface area contributed by atoms with Crippen LogP contribution in [0.5, 0.6) is 0 Å². The van der Waals surface area contributed by atoms with E-state index in [2.05, 4.69) is 9.88 Å². The third-order valence-electron chi connectivity index (χ3n) is 3.70. The molecule has 1 aromatic heterocycles. The Kier molecular flexibility index (Phi) is 3.96. The van der Waals surface area contributed by atoms with Crippen molar-refractivity contribution in [1.82, 2.24) is 14.5 Å². The van der Waals surface area contributed by atoms with Crippen molar-refractivity contribution < 1.29 is 0 Å². The van der Waals surface area contributed by atoms with Gasteiger partial charge in [0.2, 0.25) is 0 Å². The number of nitrogens with zero attached hydrogens (tertiary/aromatic N) is 3. The molecule has 0 atom stereocenters.